The van der Waals surface area contributed by atoms with Gasteiger partial charge in [0, 0.05) is 56.3 Å². The molecular weight excluding hydrogens is 370 g/mol. The number of amides is 2. The summed E-state index contributed by atoms with van der Waals surface area (Å²) < 4.78 is 5.53. The number of aromatic amines is 1. The van der Waals surface area contributed by atoms with E-state index < -0.39 is 0 Å². The van der Waals surface area contributed by atoms with Crippen molar-refractivity contribution in [2.45, 2.75) is 32.3 Å². The number of ether oxygens (including phenoxy) is 1. The van der Waals surface area contributed by atoms with E-state index in [0.29, 0.717) is 43.2 Å². The van der Waals surface area contributed by atoms with Crippen molar-refractivity contribution in [3.05, 3.63) is 17.0 Å². The zero-order chi connectivity index (χ0) is 20.0. The molecule has 3 fully saturated rings. The number of carbonyl (C=O) groups is 2. The molecule has 4 aliphatic rings. The maximum atomic E-state index is 13.2. The van der Waals surface area contributed by atoms with Crippen molar-refractivity contribution in [1.29, 1.82) is 0 Å². The molecule has 1 aromatic rings. The molecule has 3 aliphatic heterocycles. The number of fused-ring (bicyclic) bond motifs is 2. The van der Waals surface area contributed by atoms with Gasteiger partial charge in [0.25, 0.3) is 5.91 Å². The maximum absolute atomic E-state index is 13.2. The average molecular weight is 402 g/mol. The van der Waals surface area contributed by atoms with Crippen molar-refractivity contribution < 1.29 is 14.3 Å². The largest absolute Gasteiger partial charge is 0.376 e. The van der Waals surface area contributed by atoms with E-state index in [1.54, 1.807) is 0 Å². The third kappa shape index (κ3) is 3.46. The Balaban J connectivity index is 1.25. The molecule has 2 amide bonds. The molecule has 4 heterocycles. The SMILES string of the molecule is CN1CCCN(C(=O)[C@@H]2C[C@H]3CCN(C(=O)c4n[nH]c5c4COCC5)C[C@H]32)CC1. The van der Waals surface area contributed by atoms with Crippen LogP contribution in [0.15, 0.2) is 0 Å². The Morgan fingerprint density at radius 3 is 2.93 bits per heavy atom. The van der Waals surface area contributed by atoms with E-state index in [0.717, 1.165) is 69.7 Å². The summed E-state index contributed by atoms with van der Waals surface area (Å²) >= 11 is 0. The third-order valence-electron chi connectivity index (χ3n) is 7.41. The molecule has 0 bridgehead atoms. The van der Waals surface area contributed by atoms with Gasteiger partial charge in [-0.15, -0.1) is 0 Å². The number of nitrogens with one attached hydrogen (secondary N) is 1. The molecule has 1 N–H and O–H groups in total. The van der Waals surface area contributed by atoms with Crippen LogP contribution in [0.25, 0.3) is 0 Å². The molecule has 5 rings (SSSR count). The Labute approximate surface area is 171 Å². The van der Waals surface area contributed by atoms with Gasteiger partial charge in [-0.25, -0.2) is 0 Å². The third-order valence-corrected chi connectivity index (χ3v) is 7.41. The normalized spacial score (nSPS) is 30.2. The first-order chi connectivity index (χ1) is 14.1. The number of hydrogen-bond donors (Lipinski definition) is 1. The van der Waals surface area contributed by atoms with Gasteiger partial charge in [0.05, 0.1) is 13.2 Å². The molecule has 2 saturated heterocycles. The Morgan fingerprint density at radius 1 is 1.14 bits per heavy atom. The lowest BCUT2D eigenvalue weighted by molar-refractivity contribution is -0.147. The van der Waals surface area contributed by atoms with E-state index in [4.69, 9.17) is 4.74 Å². The summed E-state index contributed by atoms with van der Waals surface area (Å²) in [5.41, 5.74) is 2.45. The molecule has 3 atom stereocenters. The predicted molar refractivity (Wildman–Crippen MR) is 106 cm³/mol. The summed E-state index contributed by atoms with van der Waals surface area (Å²) in [6.07, 6.45) is 3.80. The lowest BCUT2D eigenvalue weighted by Gasteiger charge is -2.51. The summed E-state index contributed by atoms with van der Waals surface area (Å²) in [6.45, 7) is 6.26. The fourth-order valence-corrected chi connectivity index (χ4v) is 5.49. The summed E-state index contributed by atoms with van der Waals surface area (Å²) in [5, 5.41) is 7.32. The van der Waals surface area contributed by atoms with E-state index in [1.807, 2.05) is 4.90 Å². The smallest absolute Gasteiger partial charge is 0.274 e. The second-order valence-corrected chi connectivity index (χ2v) is 9.12. The fourth-order valence-electron chi connectivity index (χ4n) is 5.49. The second kappa shape index (κ2) is 7.72. The Kier molecular flexibility index (Phi) is 5.07. The molecule has 1 saturated carbocycles. The van der Waals surface area contributed by atoms with Crippen LogP contribution in [0.4, 0.5) is 0 Å². The molecule has 1 aromatic heterocycles. The van der Waals surface area contributed by atoms with Crippen LogP contribution in [0.1, 0.15) is 41.0 Å². The molecule has 0 aromatic carbocycles. The monoisotopic (exact) mass is 401 g/mol. The summed E-state index contributed by atoms with van der Waals surface area (Å²) in [7, 11) is 2.12. The first kappa shape index (κ1) is 19.1. The van der Waals surface area contributed by atoms with Crippen LogP contribution in [-0.2, 0) is 22.6 Å². The molecule has 8 heteroatoms. The van der Waals surface area contributed by atoms with Crippen LogP contribution < -0.4 is 0 Å². The van der Waals surface area contributed by atoms with Crippen LogP contribution in [0.5, 0.6) is 0 Å². The van der Waals surface area contributed by atoms with Gasteiger partial charge in [0.1, 0.15) is 0 Å². The minimum atomic E-state index is -0.0130. The highest BCUT2D eigenvalue weighted by atomic mass is 16.5. The standard InChI is InChI=1S/C21H31N5O3/c1-24-5-2-6-25(9-8-24)20(27)15-11-14-3-7-26(12-16(14)15)21(28)19-17-13-29-10-4-18(17)22-23-19/h14-16H,2-13H2,1H3,(H,22,23)/t14-,15-,16-/m1/s1. The van der Waals surface area contributed by atoms with E-state index in [1.165, 1.54) is 0 Å². The van der Waals surface area contributed by atoms with Gasteiger partial charge in [-0.2, -0.15) is 5.10 Å². The second-order valence-electron chi connectivity index (χ2n) is 9.12. The van der Waals surface area contributed by atoms with Crippen LogP contribution in [0, 0.1) is 17.8 Å². The number of aromatic nitrogens is 2. The fraction of sp³-hybridized carbons (Fsp3) is 0.762. The molecule has 0 spiro atoms. The van der Waals surface area contributed by atoms with Crippen LogP contribution >= 0.6 is 0 Å². The number of carbonyl (C=O) groups excluding carboxylic acids is 2. The Hall–Kier alpha value is -1.93. The van der Waals surface area contributed by atoms with E-state index >= 15 is 0 Å². The topological polar surface area (TPSA) is 81.8 Å². The lowest BCUT2D eigenvalue weighted by atomic mass is 9.61. The number of nitrogens with zero attached hydrogens (tertiary/aromatic N) is 4. The molecule has 0 unspecified atom stereocenters. The minimum Gasteiger partial charge on any atom is -0.376 e. The van der Waals surface area contributed by atoms with Crippen LogP contribution in [-0.4, -0.2) is 89.6 Å². The van der Waals surface area contributed by atoms with Crippen molar-refractivity contribution in [3.63, 3.8) is 0 Å². The number of likely N-dealkylation sites (tertiary alicyclic amines) is 1. The summed E-state index contributed by atoms with van der Waals surface area (Å²) in [4.78, 5) is 32.6. The molecular formula is C21H31N5O3. The van der Waals surface area contributed by atoms with Crippen molar-refractivity contribution in [3.8, 4) is 0 Å². The van der Waals surface area contributed by atoms with Gasteiger partial charge in [-0.05, 0) is 44.7 Å². The van der Waals surface area contributed by atoms with Gasteiger partial charge < -0.3 is 19.4 Å². The Morgan fingerprint density at radius 2 is 2.03 bits per heavy atom. The highest BCUT2D eigenvalue weighted by molar-refractivity contribution is 5.94. The van der Waals surface area contributed by atoms with E-state index in [9.17, 15) is 9.59 Å². The van der Waals surface area contributed by atoms with E-state index in [2.05, 4.69) is 27.0 Å². The van der Waals surface area contributed by atoms with Gasteiger partial charge in [-0.3, -0.25) is 14.7 Å². The molecule has 8 nitrogen and oxygen atoms in total. The highest BCUT2D eigenvalue weighted by Gasteiger charge is 2.49. The first-order valence-corrected chi connectivity index (χ1v) is 11.0. The van der Waals surface area contributed by atoms with Crippen molar-refractivity contribution >= 4 is 11.8 Å². The highest BCUT2D eigenvalue weighted by Crippen LogP contribution is 2.46. The number of piperidine rings is 1. The quantitative estimate of drug-likeness (QED) is 0.791. The minimum absolute atomic E-state index is 0.0130. The van der Waals surface area contributed by atoms with Crippen molar-refractivity contribution in [2.24, 2.45) is 17.8 Å². The predicted octanol–water partition coefficient (Wildman–Crippen LogP) is 0.745. The van der Waals surface area contributed by atoms with Crippen molar-refractivity contribution in [1.82, 2.24) is 24.9 Å². The zero-order valence-electron chi connectivity index (χ0n) is 17.2. The summed E-state index contributed by atoms with van der Waals surface area (Å²) in [6, 6.07) is 0. The molecule has 1 aliphatic carbocycles. The maximum Gasteiger partial charge on any atom is 0.274 e. The van der Waals surface area contributed by atoms with Crippen molar-refractivity contribution in [2.75, 3.05) is 52.9 Å². The molecule has 0 radical (unpaired) electrons. The Bertz CT molecular complexity index is 793. The van der Waals surface area contributed by atoms with Gasteiger partial charge in [0.2, 0.25) is 5.91 Å². The number of rotatable bonds is 2. The number of H-pyrrole nitrogens is 1. The zero-order valence-corrected chi connectivity index (χ0v) is 17.2. The number of likely N-dealkylation sites (N-methyl/N-ethyl adjacent to an activating group) is 1. The molecule has 29 heavy (non-hydrogen) atoms. The van der Waals surface area contributed by atoms with Gasteiger partial charge in [0.15, 0.2) is 5.69 Å². The first-order valence-electron chi connectivity index (χ1n) is 11.0. The number of hydrogen-bond acceptors (Lipinski definition) is 5. The summed E-state index contributed by atoms with van der Waals surface area (Å²) in [5.74, 6) is 1.25. The van der Waals surface area contributed by atoms with Crippen LogP contribution in [0.3, 0.4) is 0 Å². The lowest BCUT2D eigenvalue weighted by Crippen LogP contribution is -2.57. The van der Waals surface area contributed by atoms with E-state index in [-0.39, 0.29) is 11.8 Å². The molecule has 158 valence electrons. The average Bonchev–Trinajstić information content (AvgIpc) is 3.02. The van der Waals surface area contributed by atoms with Crippen LogP contribution in [0.2, 0.25) is 0 Å². The van der Waals surface area contributed by atoms with Gasteiger partial charge in [-0.1, -0.05) is 0 Å². The van der Waals surface area contributed by atoms with Gasteiger partial charge >= 0.3 is 0 Å².